The molecule has 0 aliphatic heterocycles. The van der Waals surface area contributed by atoms with E-state index in [9.17, 15) is 0 Å². The molecule has 3 aromatic carbocycles. The van der Waals surface area contributed by atoms with Gasteiger partial charge in [0.1, 0.15) is 5.71 Å². The quantitative estimate of drug-likeness (QED) is 0.384. The van der Waals surface area contributed by atoms with E-state index in [4.69, 9.17) is 23.2 Å². The maximum absolute atomic E-state index is 6.09. The van der Waals surface area contributed by atoms with Crippen molar-refractivity contribution in [3.05, 3.63) is 106 Å². The van der Waals surface area contributed by atoms with Crippen LogP contribution in [0.3, 0.4) is 0 Å². The van der Waals surface area contributed by atoms with Gasteiger partial charge in [0, 0.05) is 11.1 Å². The van der Waals surface area contributed by atoms with Crippen LogP contribution in [0.5, 0.6) is 0 Å². The zero-order chi connectivity index (χ0) is 17.6. The second-order valence-electron chi connectivity index (χ2n) is 5.49. The Bertz CT molecular complexity index is 876. The van der Waals surface area contributed by atoms with Crippen molar-refractivity contribution < 1.29 is 0 Å². The molecule has 0 aliphatic carbocycles. The summed E-state index contributed by atoms with van der Waals surface area (Å²) in [4.78, 5) is 0. The Hall–Kier alpha value is -2.42. The van der Waals surface area contributed by atoms with E-state index in [1.54, 1.807) is 12.1 Å². The summed E-state index contributed by atoms with van der Waals surface area (Å²) >= 11 is 12.1. The van der Waals surface area contributed by atoms with Gasteiger partial charge in [0.2, 0.25) is 0 Å². The normalized spacial score (nSPS) is 11.2. The van der Waals surface area contributed by atoms with Crippen LogP contribution in [-0.2, 0) is 0 Å². The molecule has 0 radical (unpaired) electrons. The molecule has 124 valence electrons. The topological polar surface area (TPSA) is 24.7 Å². The number of rotatable bonds is 4. The van der Waals surface area contributed by atoms with E-state index < -0.39 is 0 Å². The van der Waals surface area contributed by atoms with Gasteiger partial charge >= 0.3 is 0 Å². The number of nitrogens with zero attached hydrogens (tertiary/aromatic N) is 2. The molecule has 2 nitrogen and oxygen atoms in total. The van der Waals surface area contributed by atoms with E-state index in [-0.39, 0.29) is 0 Å². The fraction of sp³-hybridized carbons (Fsp3) is 0.0476. The molecule has 0 spiro atoms. The van der Waals surface area contributed by atoms with Crippen molar-refractivity contribution in [3.8, 4) is 0 Å². The lowest BCUT2D eigenvalue weighted by Gasteiger charge is -2.06. The Labute approximate surface area is 157 Å². The van der Waals surface area contributed by atoms with Crippen LogP contribution in [0.1, 0.15) is 23.6 Å². The molecule has 0 saturated carbocycles. The van der Waals surface area contributed by atoms with E-state index >= 15 is 0 Å². The number of hydrogen-bond donors (Lipinski definition) is 0. The third kappa shape index (κ3) is 4.36. The van der Waals surface area contributed by atoms with Crippen molar-refractivity contribution in [1.29, 1.82) is 0 Å². The largest absolute Gasteiger partial charge is 0.155 e. The minimum atomic E-state index is 0.504. The summed E-state index contributed by atoms with van der Waals surface area (Å²) in [5.74, 6) is 0. The molecule has 0 N–H and O–H groups in total. The lowest BCUT2D eigenvalue weighted by atomic mass is 10.0. The molecule has 4 heteroatoms. The molecular formula is C21H16Cl2N2. The van der Waals surface area contributed by atoms with E-state index in [0.717, 1.165) is 28.1 Å². The third-order valence-electron chi connectivity index (χ3n) is 3.73. The average Bonchev–Trinajstić information content (AvgIpc) is 2.66. The summed E-state index contributed by atoms with van der Waals surface area (Å²) in [7, 11) is 0. The van der Waals surface area contributed by atoms with Gasteiger partial charge in [-0.1, -0.05) is 89.9 Å². The van der Waals surface area contributed by atoms with Crippen LogP contribution in [0.4, 0.5) is 0 Å². The zero-order valence-electron chi connectivity index (χ0n) is 13.7. The van der Waals surface area contributed by atoms with Crippen LogP contribution in [0, 0.1) is 0 Å². The highest BCUT2D eigenvalue weighted by Crippen LogP contribution is 2.23. The number of hydrogen-bond acceptors (Lipinski definition) is 2. The van der Waals surface area contributed by atoms with Crippen molar-refractivity contribution in [3.63, 3.8) is 0 Å². The van der Waals surface area contributed by atoms with Gasteiger partial charge in [0.15, 0.2) is 0 Å². The Morgan fingerprint density at radius 2 is 1.20 bits per heavy atom. The lowest BCUT2D eigenvalue weighted by molar-refractivity contribution is 1.22. The maximum atomic E-state index is 6.09. The van der Waals surface area contributed by atoms with Gasteiger partial charge in [-0.2, -0.15) is 5.10 Å². The molecule has 3 rings (SSSR count). The molecular weight excluding hydrogens is 351 g/mol. The molecule has 0 saturated heterocycles. The third-order valence-corrected chi connectivity index (χ3v) is 4.47. The van der Waals surface area contributed by atoms with Gasteiger partial charge in [-0.05, 0) is 24.6 Å². The van der Waals surface area contributed by atoms with Crippen LogP contribution >= 0.6 is 23.2 Å². The van der Waals surface area contributed by atoms with Crippen molar-refractivity contribution in [2.45, 2.75) is 6.92 Å². The van der Waals surface area contributed by atoms with Crippen molar-refractivity contribution in [1.82, 2.24) is 0 Å². The molecule has 0 fully saturated rings. The summed E-state index contributed by atoms with van der Waals surface area (Å²) in [6.07, 6.45) is 0. The first kappa shape index (κ1) is 17.4. The first-order chi connectivity index (χ1) is 12.1. The molecule has 0 bridgehead atoms. The Balaban J connectivity index is 2.02. The predicted octanol–water partition coefficient (Wildman–Crippen LogP) is 6.26. The highest BCUT2D eigenvalue weighted by Gasteiger charge is 2.07. The van der Waals surface area contributed by atoms with Gasteiger partial charge in [-0.15, -0.1) is 5.10 Å². The minimum absolute atomic E-state index is 0.504. The first-order valence-electron chi connectivity index (χ1n) is 7.83. The minimum Gasteiger partial charge on any atom is -0.155 e. The number of halogens is 2. The smallest absolute Gasteiger partial charge is 0.100 e. The van der Waals surface area contributed by atoms with E-state index in [0.29, 0.717) is 10.0 Å². The molecule has 0 aliphatic rings. The van der Waals surface area contributed by atoms with Gasteiger partial charge in [-0.3, -0.25) is 0 Å². The molecule has 0 amide bonds. The van der Waals surface area contributed by atoms with Gasteiger partial charge < -0.3 is 0 Å². The zero-order valence-corrected chi connectivity index (χ0v) is 15.2. The molecule has 25 heavy (non-hydrogen) atoms. The highest BCUT2D eigenvalue weighted by atomic mass is 35.5. The fourth-order valence-corrected chi connectivity index (χ4v) is 2.68. The van der Waals surface area contributed by atoms with Crippen molar-refractivity contribution >= 4 is 34.6 Å². The molecule has 0 aromatic heterocycles. The molecule has 0 atom stereocenters. The summed E-state index contributed by atoms with van der Waals surface area (Å²) in [6.45, 7) is 1.90. The molecule has 3 aromatic rings. The van der Waals surface area contributed by atoms with E-state index in [1.807, 2.05) is 73.7 Å². The monoisotopic (exact) mass is 366 g/mol. The Morgan fingerprint density at radius 1 is 0.640 bits per heavy atom. The second-order valence-corrected chi connectivity index (χ2v) is 6.31. The summed E-state index contributed by atoms with van der Waals surface area (Å²) < 4.78 is 0. The fourth-order valence-electron chi connectivity index (χ4n) is 2.38. The van der Waals surface area contributed by atoms with Gasteiger partial charge in [0.05, 0.1) is 15.8 Å². The van der Waals surface area contributed by atoms with Crippen LogP contribution in [-0.4, -0.2) is 11.4 Å². The van der Waals surface area contributed by atoms with Crippen molar-refractivity contribution in [2.75, 3.05) is 0 Å². The average molecular weight is 367 g/mol. The molecule has 0 heterocycles. The Morgan fingerprint density at radius 3 is 1.72 bits per heavy atom. The maximum Gasteiger partial charge on any atom is 0.100 e. The van der Waals surface area contributed by atoms with Gasteiger partial charge in [0.25, 0.3) is 0 Å². The standard InChI is InChI=1S/C21H16Cl2N2/c1-15(18-12-13-19(22)20(23)14-18)24-25-21(16-8-4-2-5-9-16)17-10-6-3-7-11-17/h2-14H,1H3. The van der Waals surface area contributed by atoms with Crippen LogP contribution in [0.25, 0.3) is 0 Å². The summed E-state index contributed by atoms with van der Waals surface area (Å²) in [6, 6.07) is 25.5. The second kappa shape index (κ2) is 8.11. The van der Waals surface area contributed by atoms with Crippen LogP contribution in [0.15, 0.2) is 89.1 Å². The van der Waals surface area contributed by atoms with Crippen molar-refractivity contribution in [2.24, 2.45) is 10.2 Å². The van der Waals surface area contributed by atoms with E-state index in [1.165, 1.54) is 0 Å². The van der Waals surface area contributed by atoms with Crippen LogP contribution in [0.2, 0.25) is 10.0 Å². The van der Waals surface area contributed by atoms with Crippen LogP contribution < -0.4 is 0 Å². The summed E-state index contributed by atoms with van der Waals surface area (Å²) in [5.41, 5.74) is 4.50. The Kier molecular flexibility index (Phi) is 5.64. The summed E-state index contributed by atoms with van der Waals surface area (Å²) in [5, 5.41) is 9.97. The first-order valence-corrected chi connectivity index (χ1v) is 8.59. The predicted molar refractivity (Wildman–Crippen MR) is 107 cm³/mol. The highest BCUT2D eigenvalue weighted by molar-refractivity contribution is 6.42. The lowest BCUT2D eigenvalue weighted by Crippen LogP contribution is -2.03. The van der Waals surface area contributed by atoms with E-state index in [2.05, 4.69) is 10.2 Å². The number of benzene rings is 3. The SMILES string of the molecule is CC(=NN=C(c1ccccc1)c1ccccc1)c1ccc(Cl)c(Cl)c1. The van der Waals surface area contributed by atoms with Gasteiger partial charge in [-0.25, -0.2) is 0 Å². The molecule has 0 unspecified atom stereocenters.